The first-order chi connectivity index (χ1) is 11.5. The Labute approximate surface area is 140 Å². The number of hydrogen-bond acceptors (Lipinski definition) is 5. The lowest BCUT2D eigenvalue weighted by Gasteiger charge is -2.02. The molecule has 6 nitrogen and oxygen atoms in total. The highest BCUT2D eigenvalue weighted by atomic mass is 35.5. The summed E-state index contributed by atoms with van der Waals surface area (Å²) in [6.45, 7) is 0. The summed E-state index contributed by atoms with van der Waals surface area (Å²) in [5.41, 5.74) is 0.122. The largest absolute Gasteiger partial charge is 0.402 e. The second-order valence-electron chi connectivity index (χ2n) is 4.78. The van der Waals surface area contributed by atoms with Crippen molar-refractivity contribution in [2.75, 3.05) is 0 Å². The number of cyclic esters (lactones) is 1. The van der Waals surface area contributed by atoms with E-state index in [9.17, 15) is 19.3 Å². The Bertz CT molecular complexity index is 924. The van der Waals surface area contributed by atoms with E-state index in [1.165, 1.54) is 36.4 Å². The zero-order valence-electron chi connectivity index (χ0n) is 11.9. The molecular weight excluding hydrogens is 339 g/mol. The molecule has 0 atom stereocenters. The molecule has 0 aliphatic carbocycles. The van der Waals surface area contributed by atoms with Crippen LogP contribution in [0.15, 0.2) is 53.2 Å². The topological polar surface area (TPSA) is 81.8 Å². The number of nitro groups is 1. The Hall–Kier alpha value is -3.06. The third-order valence-corrected chi connectivity index (χ3v) is 3.52. The zero-order valence-corrected chi connectivity index (χ0v) is 12.7. The SMILES string of the molecule is O=C1OC(c2ccc([N+](=O)[O-])cc2Cl)=NC1=Cc1ccccc1F. The molecule has 1 aliphatic heterocycles. The molecule has 0 unspecified atom stereocenters. The highest BCUT2D eigenvalue weighted by Gasteiger charge is 2.26. The van der Waals surface area contributed by atoms with Gasteiger partial charge in [-0.2, -0.15) is 0 Å². The van der Waals surface area contributed by atoms with Gasteiger partial charge in [-0.15, -0.1) is 0 Å². The molecule has 120 valence electrons. The van der Waals surface area contributed by atoms with Crippen LogP contribution in [0, 0.1) is 15.9 Å². The minimum absolute atomic E-state index is 0.0166. The highest BCUT2D eigenvalue weighted by molar-refractivity contribution is 6.34. The predicted molar refractivity (Wildman–Crippen MR) is 85.1 cm³/mol. The van der Waals surface area contributed by atoms with Gasteiger partial charge < -0.3 is 4.74 Å². The van der Waals surface area contributed by atoms with Crippen molar-refractivity contribution in [1.82, 2.24) is 0 Å². The van der Waals surface area contributed by atoms with Crippen LogP contribution in [0.4, 0.5) is 10.1 Å². The van der Waals surface area contributed by atoms with Crippen molar-refractivity contribution in [1.29, 1.82) is 0 Å². The Morgan fingerprint density at radius 1 is 1.25 bits per heavy atom. The summed E-state index contributed by atoms with van der Waals surface area (Å²) in [6.07, 6.45) is 1.25. The molecule has 0 saturated carbocycles. The Balaban J connectivity index is 1.98. The molecule has 2 aromatic carbocycles. The molecule has 0 radical (unpaired) electrons. The molecule has 0 amide bonds. The molecule has 8 heteroatoms. The maximum Gasteiger partial charge on any atom is 0.363 e. The summed E-state index contributed by atoms with van der Waals surface area (Å²) in [7, 11) is 0. The van der Waals surface area contributed by atoms with Crippen molar-refractivity contribution in [3.05, 3.63) is 80.2 Å². The fourth-order valence-electron chi connectivity index (χ4n) is 2.05. The average molecular weight is 347 g/mol. The van der Waals surface area contributed by atoms with E-state index >= 15 is 0 Å². The van der Waals surface area contributed by atoms with E-state index in [2.05, 4.69) is 4.99 Å². The molecule has 1 heterocycles. The van der Waals surface area contributed by atoms with E-state index in [0.29, 0.717) is 0 Å². The van der Waals surface area contributed by atoms with Gasteiger partial charge in [0.1, 0.15) is 5.82 Å². The third kappa shape index (κ3) is 3.02. The Morgan fingerprint density at radius 2 is 2.00 bits per heavy atom. The van der Waals surface area contributed by atoms with E-state index in [1.54, 1.807) is 6.07 Å². The first-order valence-corrected chi connectivity index (χ1v) is 7.05. The van der Waals surface area contributed by atoms with E-state index in [1.807, 2.05) is 0 Å². The summed E-state index contributed by atoms with van der Waals surface area (Å²) in [5.74, 6) is -1.36. The second-order valence-corrected chi connectivity index (χ2v) is 5.19. The van der Waals surface area contributed by atoms with Crippen molar-refractivity contribution < 1.29 is 18.8 Å². The first kappa shape index (κ1) is 15.8. The number of halogens is 2. The lowest BCUT2D eigenvalue weighted by atomic mass is 10.2. The van der Waals surface area contributed by atoms with Crippen LogP contribution in [0.2, 0.25) is 5.02 Å². The molecule has 0 spiro atoms. The molecule has 0 bridgehead atoms. The molecule has 0 saturated heterocycles. The number of rotatable bonds is 3. The maximum atomic E-state index is 13.6. The quantitative estimate of drug-likeness (QED) is 0.367. The van der Waals surface area contributed by atoms with Crippen molar-refractivity contribution in [3.63, 3.8) is 0 Å². The van der Waals surface area contributed by atoms with Gasteiger partial charge in [0, 0.05) is 17.7 Å². The number of benzene rings is 2. The normalized spacial score (nSPS) is 15.3. The zero-order chi connectivity index (χ0) is 17.3. The number of carbonyl (C=O) groups is 1. The summed E-state index contributed by atoms with van der Waals surface area (Å²) >= 11 is 5.98. The number of hydrogen-bond donors (Lipinski definition) is 0. The Kier molecular flexibility index (Phi) is 4.09. The molecule has 24 heavy (non-hydrogen) atoms. The van der Waals surface area contributed by atoms with Crippen molar-refractivity contribution in [2.45, 2.75) is 0 Å². The van der Waals surface area contributed by atoms with Crippen molar-refractivity contribution >= 4 is 35.2 Å². The van der Waals surface area contributed by atoms with Gasteiger partial charge in [0.05, 0.1) is 15.5 Å². The summed E-state index contributed by atoms with van der Waals surface area (Å²) in [5, 5.41) is 10.7. The standard InChI is InChI=1S/C16H8ClFN2O4/c17-12-8-10(20(22)23)5-6-11(12)15-19-14(16(21)24-15)7-9-3-1-2-4-13(9)18/h1-8H. The number of nitrogens with zero attached hydrogens (tertiary/aromatic N) is 2. The lowest BCUT2D eigenvalue weighted by Crippen LogP contribution is -2.06. The van der Waals surface area contributed by atoms with Gasteiger partial charge in [-0.1, -0.05) is 29.8 Å². The lowest BCUT2D eigenvalue weighted by molar-refractivity contribution is -0.384. The number of esters is 1. The Morgan fingerprint density at radius 3 is 2.67 bits per heavy atom. The molecule has 0 fully saturated rings. The van der Waals surface area contributed by atoms with Crippen LogP contribution in [0.3, 0.4) is 0 Å². The summed E-state index contributed by atoms with van der Waals surface area (Å²) in [4.78, 5) is 26.0. The van der Waals surface area contributed by atoms with Crippen LogP contribution in [-0.4, -0.2) is 16.8 Å². The predicted octanol–water partition coefficient (Wildman–Crippen LogP) is 3.73. The van der Waals surface area contributed by atoms with Crippen LogP contribution in [0.1, 0.15) is 11.1 Å². The van der Waals surface area contributed by atoms with Gasteiger partial charge in [0.15, 0.2) is 5.70 Å². The fraction of sp³-hybridized carbons (Fsp3) is 0. The minimum Gasteiger partial charge on any atom is -0.402 e. The smallest absolute Gasteiger partial charge is 0.363 e. The molecule has 0 N–H and O–H groups in total. The van der Waals surface area contributed by atoms with Gasteiger partial charge >= 0.3 is 5.97 Å². The number of aliphatic imine (C=N–C) groups is 1. The second kappa shape index (κ2) is 6.21. The number of ether oxygens (including phenoxy) is 1. The molecule has 0 aromatic heterocycles. The van der Waals surface area contributed by atoms with Gasteiger partial charge in [-0.05, 0) is 18.2 Å². The summed E-state index contributed by atoms with van der Waals surface area (Å²) < 4.78 is 18.7. The first-order valence-electron chi connectivity index (χ1n) is 6.67. The molecule has 3 rings (SSSR count). The number of nitro benzene ring substituents is 1. The molecule has 1 aliphatic rings. The monoisotopic (exact) mass is 346 g/mol. The number of non-ortho nitro benzene ring substituents is 1. The number of carbonyl (C=O) groups excluding carboxylic acids is 1. The van der Waals surface area contributed by atoms with Crippen molar-refractivity contribution in [3.8, 4) is 0 Å². The van der Waals surface area contributed by atoms with Crippen LogP contribution in [0.25, 0.3) is 6.08 Å². The highest BCUT2D eigenvalue weighted by Crippen LogP contribution is 2.27. The maximum absolute atomic E-state index is 13.6. The van der Waals surface area contributed by atoms with Gasteiger partial charge in [0.25, 0.3) is 5.69 Å². The van der Waals surface area contributed by atoms with E-state index in [4.69, 9.17) is 16.3 Å². The van der Waals surface area contributed by atoms with Gasteiger partial charge in [-0.25, -0.2) is 14.2 Å². The minimum atomic E-state index is -0.761. The third-order valence-electron chi connectivity index (χ3n) is 3.21. The van der Waals surface area contributed by atoms with E-state index < -0.39 is 16.7 Å². The average Bonchev–Trinajstić information content (AvgIpc) is 2.90. The summed E-state index contributed by atoms with van der Waals surface area (Å²) in [6, 6.07) is 9.57. The van der Waals surface area contributed by atoms with Crippen LogP contribution < -0.4 is 0 Å². The fourth-order valence-corrected chi connectivity index (χ4v) is 2.31. The van der Waals surface area contributed by atoms with Crippen LogP contribution in [-0.2, 0) is 9.53 Å². The van der Waals surface area contributed by atoms with Gasteiger partial charge in [-0.3, -0.25) is 10.1 Å². The van der Waals surface area contributed by atoms with Crippen LogP contribution >= 0.6 is 11.6 Å². The van der Waals surface area contributed by atoms with Crippen molar-refractivity contribution in [2.24, 2.45) is 4.99 Å². The van der Waals surface area contributed by atoms with E-state index in [-0.39, 0.29) is 33.4 Å². The van der Waals surface area contributed by atoms with E-state index in [0.717, 1.165) is 6.07 Å². The molecule has 2 aromatic rings. The molecular formula is C16H8ClFN2O4. The van der Waals surface area contributed by atoms with Crippen LogP contribution in [0.5, 0.6) is 0 Å². The van der Waals surface area contributed by atoms with Gasteiger partial charge in [0.2, 0.25) is 5.90 Å².